The van der Waals surface area contributed by atoms with Crippen molar-refractivity contribution in [3.63, 3.8) is 0 Å². The number of rotatable bonds is 10. The number of nitrogens with zero attached hydrogens (tertiary/aromatic N) is 2. The molecule has 36 heavy (non-hydrogen) atoms. The molecule has 2 aromatic rings. The van der Waals surface area contributed by atoms with Gasteiger partial charge in [0.05, 0.1) is 13.7 Å². The van der Waals surface area contributed by atoms with Gasteiger partial charge in [-0.05, 0) is 44.5 Å². The fourth-order valence-electron chi connectivity index (χ4n) is 2.97. The van der Waals surface area contributed by atoms with Crippen LogP contribution in [0.5, 0.6) is 5.75 Å². The van der Waals surface area contributed by atoms with Gasteiger partial charge in [0.25, 0.3) is 0 Å². The summed E-state index contributed by atoms with van der Waals surface area (Å²) < 4.78 is 34.7. The molecular weight excluding hydrogens is 471 g/mol. The molecule has 0 unspecified atom stereocenters. The zero-order valence-electron chi connectivity index (χ0n) is 21.3. The predicted octanol–water partition coefficient (Wildman–Crippen LogP) is 4.50. The molecule has 0 spiro atoms. The fraction of sp³-hybridized carbons (Fsp3) is 0.423. The van der Waals surface area contributed by atoms with E-state index in [4.69, 9.17) is 14.2 Å². The maximum Gasteiger partial charge on any atom is 0.410 e. The number of benzene rings is 2. The molecule has 0 atom stereocenters. The highest BCUT2D eigenvalue weighted by molar-refractivity contribution is 5.92. The number of hydrogen-bond donors (Lipinski definition) is 0. The van der Waals surface area contributed by atoms with Crippen molar-refractivity contribution in [1.29, 1.82) is 0 Å². The van der Waals surface area contributed by atoms with Crippen LogP contribution in [0.25, 0.3) is 0 Å². The Bertz CT molecular complexity index is 1020. The third-order valence-electron chi connectivity index (χ3n) is 4.84. The molecular formula is C26H33FN2O7. The van der Waals surface area contributed by atoms with Crippen LogP contribution in [0.15, 0.2) is 48.5 Å². The Kier molecular flexibility index (Phi) is 10.5. The van der Waals surface area contributed by atoms with Gasteiger partial charge in [-0.15, -0.1) is 0 Å². The van der Waals surface area contributed by atoms with Gasteiger partial charge in [0.1, 0.15) is 35.9 Å². The van der Waals surface area contributed by atoms with Gasteiger partial charge in [-0.3, -0.25) is 0 Å². The molecule has 196 valence electrons. The molecule has 0 saturated carbocycles. The van der Waals surface area contributed by atoms with Crippen LogP contribution in [0.1, 0.15) is 36.7 Å². The molecule has 0 heterocycles. The first-order chi connectivity index (χ1) is 17.0. The third-order valence-corrected chi connectivity index (χ3v) is 4.84. The first-order valence-corrected chi connectivity index (χ1v) is 11.4. The van der Waals surface area contributed by atoms with Gasteiger partial charge < -0.3 is 28.7 Å². The van der Waals surface area contributed by atoms with Gasteiger partial charge in [-0.2, -0.15) is 0 Å². The maximum absolute atomic E-state index is 13.6. The second-order valence-corrected chi connectivity index (χ2v) is 8.91. The minimum Gasteiger partial charge on any atom is -0.491 e. The van der Waals surface area contributed by atoms with E-state index in [9.17, 15) is 18.8 Å². The van der Waals surface area contributed by atoms with Gasteiger partial charge in [-0.1, -0.05) is 30.3 Å². The number of ether oxygens (including phenoxy) is 4. The molecule has 0 N–H and O–H groups in total. The van der Waals surface area contributed by atoms with E-state index in [1.54, 1.807) is 27.8 Å². The molecule has 2 rings (SSSR count). The van der Waals surface area contributed by atoms with Crippen LogP contribution in [-0.2, 0) is 20.8 Å². The zero-order chi connectivity index (χ0) is 26.7. The maximum atomic E-state index is 13.6. The predicted molar refractivity (Wildman–Crippen MR) is 130 cm³/mol. The van der Waals surface area contributed by atoms with E-state index in [0.29, 0.717) is 0 Å². The highest BCUT2D eigenvalue weighted by Gasteiger charge is 2.22. The van der Waals surface area contributed by atoms with Crippen LogP contribution in [-0.4, -0.2) is 74.0 Å². The Morgan fingerprint density at radius 1 is 0.944 bits per heavy atom. The molecule has 0 fully saturated rings. The van der Waals surface area contributed by atoms with Crippen LogP contribution in [0.3, 0.4) is 0 Å². The molecule has 0 saturated heterocycles. The summed E-state index contributed by atoms with van der Waals surface area (Å²) in [6.07, 6.45) is -1.13. The molecule has 10 heteroatoms. The number of methoxy groups -OCH3 is 1. The van der Waals surface area contributed by atoms with E-state index in [1.165, 1.54) is 23.0 Å². The lowest BCUT2D eigenvalue weighted by Crippen LogP contribution is -2.42. The summed E-state index contributed by atoms with van der Waals surface area (Å²) in [5.74, 6) is -1.24. The quantitative estimate of drug-likeness (QED) is 0.347. The fourth-order valence-corrected chi connectivity index (χ4v) is 2.97. The zero-order valence-corrected chi connectivity index (χ0v) is 21.3. The van der Waals surface area contributed by atoms with Crippen LogP contribution >= 0.6 is 0 Å². The molecule has 0 aliphatic rings. The molecule has 2 amide bonds. The average Bonchev–Trinajstić information content (AvgIpc) is 2.84. The summed E-state index contributed by atoms with van der Waals surface area (Å²) in [4.78, 5) is 39.8. The number of likely N-dealkylation sites (N-methyl/N-ethyl adjacent to an activating group) is 1. The first-order valence-electron chi connectivity index (χ1n) is 11.4. The monoisotopic (exact) mass is 504 g/mol. The summed E-state index contributed by atoms with van der Waals surface area (Å²) in [5.41, 5.74) is 0.0994. The van der Waals surface area contributed by atoms with Crippen LogP contribution in [0.2, 0.25) is 0 Å². The lowest BCUT2D eigenvalue weighted by atomic mass is 10.2. The summed E-state index contributed by atoms with van der Waals surface area (Å²) in [7, 11) is 2.75. The van der Waals surface area contributed by atoms with Crippen LogP contribution in [0.4, 0.5) is 14.0 Å². The highest BCUT2D eigenvalue weighted by atomic mass is 19.1. The van der Waals surface area contributed by atoms with Crippen molar-refractivity contribution < 1.29 is 37.7 Å². The topological polar surface area (TPSA) is 94.6 Å². The van der Waals surface area contributed by atoms with Crippen molar-refractivity contribution >= 4 is 18.2 Å². The normalized spacial score (nSPS) is 10.8. The number of hydrogen-bond acceptors (Lipinski definition) is 7. The average molecular weight is 505 g/mol. The molecule has 9 nitrogen and oxygen atoms in total. The Balaban J connectivity index is 2.04. The van der Waals surface area contributed by atoms with Crippen molar-refractivity contribution in [2.24, 2.45) is 0 Å². The number of amides is 2. The summed E-state index contributed by atoms with van der Waals surface area (Å²) in [6, 6.07) is 12.7. The molecule has 0 bridgehead atoms. The van der Waals surface area contributed by atoms with Gasteiger partial charge in [0, 0.05) is 20.1 Å². The second-order valence-electron chi connectivity index (χ2n) is 8.91. The molecule has 0 aromatic heterocycles. The molecule has 0 aliphatic heterocycles. The summed E-state index contributed by atoms with van der Waals surface area (Å²) in [5, 5.41) is 0. The van der Waals surface area contributed by atoms with E-state index in [1.807, 2.05) is 30.3 Å². The van der Waals surface area contributed by atoms with Crippen molar-refractivity contribution in [3.8, 4) is 5.75 Å². The van der Waals surface area contributed by atoms with Gasteiger partial charge in [-0.25, -0.2) is 18.8 Å². The smallest absolute Gasteiger partial charge is 0.410 e. The van der Waals surface area contributed by atoms with Crippen molar-refractivity contribution in [2.45, 2.75) is 33.0 Å². The van der Waals surface area contributed by atoms with Gasteiger partial charge >= 0.3 is 18.2 Å². The Morgan fingerprint density at radius 2 is 1.64 bits per heavy atom. The highest BCUT2D eigenvalue weighted by Crippen LogP contribution is 2.21. The number of carbonyl (C=O) groups is 3. The lowest BCUT2D eigenvalue weighted by molar-refractivity contribution is 0.0272. The Morgan fingerprint density at radius 3 is 2.28 bits per heavy atom. The van der Waals surface area contributed by atoms with E-state index < -0.39 is 29.6 Å². The number of carbonyl (C=O) groups excluding carboxylic acids is 3. The first kappa shape index (κ1) is 28.4. The minimum atomic E-state index is -0.748. The number of halogens is 1. The van der Waals surface area contributed by atoms with E-state index >= 15 is 0 Å². The molecule has 2 aromatic carbocycles. The lowest BCUT2D eigenvalue weighted by Gasteiger charge is -2.27. The van der Waals surface area contributed by atoms with E-state index in [2.05, 4.69) is 4.74 Å². The Hall–Kier alpha value is -3.82. The van der Waals surface area contributed by atoms with E-state index in [0.717, 1.165) is 17.7 Å². The number of esters is 1. The van der Waals surface area contributed by atoms with Gasteiger partial charge in [0.2, 0.25) is 0 Å². The van der Waals surface area contributed by atoms with Crippen molar-refractivity contribution in [3.05, 3.63) is 65.5 Å². The Labute approximate surface area is 210 Å². The van der Waals surface area contributed by atoms with E-state index in [-0.39, 0.29) is 44.2 Å². The SMILES string of the molecule is COC(=O)c1cc(F)ccc1OCCN(CCN(C)C(=O)OC(C)(C)C)C(=O)OCc1ccccc1. The van der Waals surface area contributed by atoms with Crippen LogP contribution in [0, 0.1) is 5.82 Å². The summed E-state index contributed by atoms with van der Waals surface area (Å²) >= 11 is 0. The second kappa shape index (κ2) is 13.3. The molecule has 0 radical (unpaired) electrons. The minimum absolute atomic E-state index is 0.0216. The van der Waals surface area contributed by atoms with Crippen molar-refractivity contribution in [1.82, 2.24) is 9.80 Å². The summed E-state index contributed by atoms with van der Waals surface area (Å²) in [6.45, 7) is 5.74. The largest absolute Gasteiger partial charge is 0.491 e. The third kappa shape index (κ3) is 9.44. The standard InChI is InChI=1S/C26H33FN2O7/c1-26(2,3)36-24(31)28(4)13-14-29(25(32)35-18-19-9-7-6-8-10-19)15-16-34-22-12-11-20(27)17-21(22)23(30)33-5/h6-12,17H,13-16,18H2,1-5H3. The van der Waals surface area contributed by atoms with Gasteiger partial charge in [0.15, 0.2) is 0 Å². The van der Waals surface area contributed by atoms with Crippen LogP contribution < -0.4 is 4.74 Å². The van der Waals surface area contributed by atoms with Crippen molar-refractivity contribution in [2.75, 3.05) is 40.4 Å². The molecule has 0 aliphatic carbocycles.